The largest absolute Gasteiger partial charge is 0.478 e. The molecule has 0 aliphatic rings. The van der Waals surface area contributed by atoms with Crippen LogP contribution in [0.25, 0.3) is 11.1 Å². The lowest BCUT2D eigenvalue weighted by atomic mass is 10.1. The van der Waals surface area contributed by atoms with E-state index in [1.54, 1.807) is 13.0 Å². The fraction of sp³-hybridized carbons (Fsp3) is 0.111. The maximum absolute atomic E-state index is 10.9. The van der Waals surface area contributed by atoms with Crippen molar-refractivity contribution in [3.8, 4) is 0 Å². The third kappa shape index (κ3) is 1.21. The van der Waals surface area contributed by atoms with Gasteiger partial charge in [0.15, 0.2) is 12.0 Å². The first-order chi connectivity index (χ1) is 6.61. The van der Waals surface area contributed by atoms with E-state index < -0.39 is 5.97 Å². The molecule has 0 saturated heterocycles. The number of hydrogen-bond acceptors (Lipinski definition) is 3. The molecule has 0 amide bonds. The lowest BCUT2D eigenvalue weighted by molar-refractivity contribution is 0.0697. The van der Waals surface area contributed by atoms with E-state index in [2.05, 4.69) is 20.9 Å². The highest BCUT2D eigenvalue weighted by Crippen LogP contribution is 2.28. The molecule has 2 rings (SSSR count). The second kappa shape index (κ2) is 3.09. The number of aromatic carboxylic acids is 1. The molecule has 0 atom stereocenters. The molecule has 0 aliphatic heterocycles. The number of rotatable bonds is 1. The average Bonchev–Trinajstić information content (AvgIpc) is 2.51. The zero-order valence-corrected chi connectivity index (χ0v) is 8.83. The highest BCUT2D eigenvalue weighted by atomic mass is 79.9. The Morgan fingerprint density at radius 2 is 2.36 bits per heavy atom. The highest BCUT2D eigenvalue weighted by Gasteiger charge is 2.17. The fourth-order valence-electron chi connectivity index (χ4n) is 1.37. The lowest BCUT2D eigenvalue weighted by Crippen LogP contribution is -2.00. The van der Waals surface area contributed by atoms with Crippen LogP contribution in [0, 0.1) is 6.92 Å². The van der Waals surface area contributed by atoms with Gasteiger partial charge in [0.1, 0.15) is 11.1 Å². The van der Waals surface area contributed by atoms with Gasteiger partial charge in [-0.1, -0.05) is 0 Å². The third-order valence-corrected chi connectivity index (χ3v) is 2.58. The molecule has 5 heteroatoms. The Balaban J connectivity index is 2.93. The van der Waals surface area contributed by atoms with Crippen LogP contribution < -0.4 is 0 Å². The lowest BCUT2D eigenvalue weighted by Gasteiger charge is -2.01. The molecule has 1 aromatic heterocycles. The summed E-state index contributed by atoms with van der Waals surface area (Å²) in [5.41, 5.74) is 1.66. The van der Waals surface area contributed by atoms with Gasteiger partial charge in [0.25, 0.3) is 0 Å². The van der Waals surface area contributed by atoms with E-state index >= 15 is 0 Å². The van der Waals surface area contributed by atoms with Crippen LogP contribution in [0.15, 0.2) is 21.3 Å². The van der Waals surface area contributed by atoms with Gasteiger partial charge in [0.05, 0.1) is 0 Å². The number of halogens is 1. The molecule has 0 radical (unpaired) electrons. The molecule has 0 bridgehead atoms. The van der Waals surface area contributed by atoms with Gasteiger partial charge in [-0.15, -0.1) is 0 Å². The van der Waals surface area contributed by atoms with E-state index in [1.807, 2.05) is 0 Å². The van der Waals surface area contributed by atoms with Crippen molar-refractivity contribution in [3.63, 3.8) is 0 Å². The van der Waals surface area contributed by atoms with Gasteiger partial charge < -0.3 is 9.52 Å². The Morgan fingerprint density at radius 3 is 3.00 bits per heavy atom. The number of carboxylic acids is 1. The van der Waals surface area contributed by atoms with E-state index in [0.717, 1.165) is 4.47 Å². The van der Waals surface area contributed by atoms with Gasteiger partial charge in [-0.25, -0.2) is 9.78 Å². The van der Waals surface area contributed by atoms with Gasteiger partial charge in [-0.3, -0.25) is 0 Å². The maximum Gasteiger partial charge on any atom is 0.339 e. The number of benzene rings is 1. The molecule has 2 aromatic rings. The van der Waals surface area contributed by atoms with Crippen LogP contribution in [-0.4, -0.2) is 16.1 Å². The van der Waals surface area contributed by atoms with E-state index in [0.29, 0.717) is 16.7 Å². The number of hydrogen-bond donors (Lipinski definition) is 1. The summed E-state index contributed by atoms with van der Waals surface area (Å²) in [6.45, 7) is 1.72. The number of oxazole rings is 1. The van der Waals surface area contributed by atoms with Crippen LogP contribution in [0.1, 0.15) is 15.9 Å². The molecule has 1 aromatic carbocycles. The molecule has 1 heterocycles. The summed E-state index contributed by atoms with van der Waals surface area (Å²) in [7, 11) is 0. The van der Waals surface area contributed by atoms with Crippen LogP contribution in [0.2, 0.25) is 0 Å². The maximum atomic E-state index is 10.9. The Labute approximate surface area is 87.7 Å². The van der Waals surface area contributed by atoms with Crippen molar-refractivity contribution < 1.29 is 14.3 Å². The summed E-state index contributed by atoms with van der Waals surface area (Å²) < 4.78 is 5.79. The van der Waals surface area contributed by atoms with Gasteiger partial charge >= 0.3 is 5.97 Å². The second-order valence-corrected chi connectivity index (χ2v) is 3.74. The number of carboxylic acid groups (broad SMARTS) is 1. The zero-order chi connectivity index (χ0) is 10.3. The molecule has 4 nitrogen and oxygen atoms in total. The third-order valence-electron chi connectivity index (χ3n) is 1.97. The Hall–Kier alpha value is -1.36. The van der Waals surface area contributed by atoms with Crippen LogP contribution in [0.5, 0.6) is 0 Å². The second-order valence-electron chi connectivity index (χ2n) is 2.89. The zero-order valence-electron chi connectivity index (χ0n) is 7.24. The molecule has 14 heavy (non-hydrogen) atoms. The van der Waals surface area contributed by atoms with E-state index in [4.69, 9.17) is 9.52 Å². The summed E-state index contributed by atoms with van der Waals surface area (Å²) in [5.74, 6) is -1.00. The average molecular weight is 256 g/mol. The Bertz CT molecular complexity index is 518. The van der Waals surface area contributed by atoms with E-state index in [-0.39, 0.29) is 5.56 Å². The van der Waals surface area contributed by atoms with Crippen molar-refractivity contribution in [2.24, 2.45) is 0 Å². The smallest absolute Gasteiger partial charge is 0.339 e. The number of fused-ring (bicyclic) bond motifs is 1. The van der Waals surface area contributed by atoms with E-state index in [9.17, 15) is 4.79 Å². The number of carbonyl (C=O) groups is 1. The van der Waals surface area contributed by atoms with Crippen molar-refractivity contribution in [2.75, 3.05) is 0 Å². The van der Waals surface area contributed by atoms with Gasteiger partial charge in [0, 0.05) is 4.47 Å². The van der Waals surface area contributed by atoms with Gasteiger partial charge in [-0.05, 0) is 34.5 Å². The first-order valence-corrected chi connectivity index (χ1v) is 4.66. The highest BCUT2D eigenvalue weighted by molar-refractivity contribution is 9.10. The minimum atomic E-state index is -1.00. The predicted molar refractivity (Wildman–Crippen MR) is 53.4 cm³/mol. The first kappa shape index (κ1) is 9.21. The summed E-state index contributed by atoms with van der Waals surface area (Å²) in [5, 5.41) is 8.97. The number of aryl methyl sites for hydroxylation is 1. The standard InChI is InChI=1S/C9H6BrNO3/c1-4-2-5(10)7-8(14-3-11-7)6(4)9(12)13/h2-3H,1H3,(H,12,13). The van der Waals surface area contributed by atoms with Crippen LogP contribution >= 0.6 is 15.9 Å². The van der Waals surface area contributed by atoms with Crippen LogP contribution in [0.3, 0.4) is 0 Å². The minimum Gasteiger partial charge on any atom is -0.478 e. The molecule has 1 N–H and O–H groups in total. The number of nitrogens with zero attached hydrogens (tertiary/aromatic N) is 1. The minimum absolute atomic E-state index is 0.167. The summed E-state index contributed by atoms with van der Waals surface area (Å²) in [4.78, 5) is 14.9. The van der Waals surface area contributed by atoms with Crippen molar-refractivity contribution >= 4 is 33.0 Å². The SMILES string of the molecule is Cc1cc(Br)c2ncoc2c1C(=O)O. The van der Waals surface area contributed by atoms with Crippen LogP contribution in [-0.2, 0) is 0 Å². The number of aromatic nitrogens is 1. The normalized spacial score (nSPS) is 10.7. The van der Waals surface area contributed by atoms with Crippen molar-refractivity contribution in [1.82, 2.24) is 4.98 Å². The molecular weight excluding hydrogens is 250 g/mol. The summed E-state index contributed by atoms with van der Waals surface area (Å²) in [6.07, 6.45) is 1.24. The monoisotopic (exact) mass is 255 g/mol. The molecule has 72 valence electrons. The van der Waals surface area contributed by atoms with Gasteiger partial charge in [0.2, 0.25) is 0 Å². The van der Waals surface area contributed by atoms with Gasteiger partial charge in [-0.2, -0.15) is 0 Å². The van der Waals surface area contributed by atoms with Crippen LogP contribution in [0.4, 0.5) is 0 Å². The van der Waals surface area contributed by atoms with Crippen molar-refractivity contribution in [1.29, 1.82) is 0 Å². The molecule has 0 unspecified atom stereocenters. The summed E-state index contributed by atoms with van der Waals surface area (Å²) >= 11 is 3.29. The fourth-order valence-corrected chi connectivity index (χ4v) is 1.99. The molecule has 0 saturated carbocycles. The molecule has 0 aliphatic carbocycles. The first-order valence-electron chi connectivity index (χ1n) is 3.87. The predicted octanol–water partition coefficient (Wildman–Crippen LogP) is 2.60. The van der Waals surface area contributed by atoms with E-state index in [1.165, 1.54) is 6.39 Å². The Morgan fingerprint density at radius 1 is 1.64 bits per heavy atom. The molecule has 0 spiro atoms. The van der Waals surface area contributed by atoms with Crippen molar-refractivity contribution in [3.05, 3.63) is 28.1 Å². The molecular formula is C9H6BrNO3. The summed E-state index contributed by atoms with van der Waals surface area (Å²) in [6, 6.07) is 1.72. The quantitative estimate of drug-likeness (QED) is 0.851. The topological polar surface area (TPSA) is 63.3 Å². The molecule has 0 fully saturated rings. The van der Waals surface area contributed by atoms with Crippen molar-refractivity contribution in [2.45, 2.75) is 6.92 Å². The Kier molecular flexibility index (Phi) is 2.03.